The molecule has 1 N–H and O–H groups in total. The molecule has 0 aliphatic heterocycles. The van der Waals surface area contributed by atoms with Crippen LogP contribution in [0.4, 0.5) is 5.82 Å². The van der Waals surface area contributed by atoms with Crippen molar-refractivity contribution in [1.29, 1.82) is 0 Å². The zero-order valence-corrected chi connectivity index (χ0v) is 13.6. The molecule has 0 aliphatic rings. The third-order valence-corrected chi connectivity index (χ3v) is 3.66. The average Bonchev–Trinajstić information content (AvgIpc) is 2.86. The quantitative estimate of drug-likeness (QED) is 0.799. The van der Waals surface area contributed by atoms with E-state index in [0.717, 1.165) is 30.3 Å². The average molecular weight is 308 g/mol. The Bertz CT molecular complexity index is 581. The number of pyridine rings is 1. The van der Waals surface area contributed by atoms with Gasteiger partial charge in [0.1, 0.15) is 11.6 Å². The number of hydrogen-bond donors (Lipinski definition) is 1. The molecule has 2 heterocycles. The smallest absolute Gasteiger partial charge is 0.129 e. The molecule has 0 spiro atoms. The summed E-state index contributed by atoms with van der Waals surface area (Å²) < 4.78 is 2.01. The first kappa shape index (κ1) is 15.8. The number of rotatable bonds is 7. The topological polar surface area (TPSA) is 46.0 Å². The fourth-order valence-corrected chi connectivity index (χ4v) is 2.21. The van der Waals surface area contributed by atoms with Gasteiger partial charge in [-0.05, 0) is 25.1 Å². The summed E-state index contributed by atoms with van der Waals surface area (Å²) in [6.07, 6.45) is 4.84. The van der Waals surface area contributed by atoms with Crippen LogP contribution >= 0.6 is 11.6 Å². The van der Waals surface area contributed by atoms with E-state index in [0.29, 0.717) is 18.1 Å². The lowest BCUT2D eigenvalue weighted by molar-refractivity contribution is 0.662. The van der Waals surface area contributed by atoms with Gasteiger partial charge >= 0.3 is 0 Å². The molecule has 0 radical (unpaired) electrons. The van der Waals surface area contributed by atoms with Crippen LogP contribution in [0.2, 0.25) is 5.02 Å². The summed E-state index contributed by atoms with van der Waals surface area (Å²) in [6.45, 7) is 4.50. The number of hydrogen-bond acceptors (Lipinski definition) is 4. The second-order valence-electron chi connectivity index (χ2n) is 5.09. The largest absolute Gasteiger partial charge is 0.352 e. The zero-order valence-electron chi connectivity index (χ0n) is 12.8. The Morgan fingerprint density at radius 2 is 2.19 bits per heavy atom. The van der Waals surface area contributed by atoms with Gasteiger partial charge in [0.25, 0.3) is 0 Å². The summed E-state index contributed by atoms with van der Waals surface area (Å²) in [5, 5.41) is 4.03. The van der Waals surface area contributed by atoms with Crippen LogP contribution < -0.4 is 10.2 Å². The van der Waals surface area contributed by atoms with E-state index < -0.39 is 0 Å². The predicted molar refractivity (Wildman–Crippen MR) is 86.6 cm³/mol. The van der Waals surface area contributed by atoms with E-state index in [1.54, 1.807) is 6.20 Å². The summed E-state index contributed by atoms with van der Waals surface area (Å²) in [7, 11) is 4.00. The normalized spacial score (nSPS) is 10.9. The highest BCUT2D eigenvalue weighted by Crippen LogP contribution is 2.19. The molecule has 0 unspecified atom stereocenters. The highest BCUT2D eigenvalue weighted by Gasteiger charge is 2.10. The molecule has 0 fully saturated rings. The maximum atomic E-state index is 6.21. The van der Waals surface area contributed by atoms with Crippen molar-refractivity contribution < 1.29 is 0 Å². The van der Waals surface area contributed by atoms with Crippen molar-refractivity contribution in [3.05, 3.63) is 41.1 Å². The molecule has 0 bridgehead atoms. The zero-order chi connectivity index (χ0) is 15.2. The van der Waals surface area contributed by atoms with E-state index in [4.69, 9.17) is 11.6 Å². The van der Waals surface area contributed by atoms with Gasteiger partial charge in [0.2, 0.25) is 0 Å². The highest BCUT2D eigenvalue weighted by molar-refractivity contribution is 6.31. The van der Waals surface area contributed by atoms with Gasteiger partial charge in [0, 0.05) is 33.0 Å². The molecule has 0 saturated carbocycles. The van der Waals surface area contributed by atoms with E-state index in [1.807, 2.05) is 37.0 Å². The van der Waals surface area contributed by atoms with Crippen LogP contribution in [-0.4, -0.2) is 28.1 Å². The van der Waals surface area contributed by atoms with Crippen molar-refractivity contribution in [2.45, 2.75) is 26.4 Å². The first-order valence-corrected chi connectivity index (χ1v) is 7.53. The molecule has 2 rings (SSSR count). The minimum absolute atomic E-state index is 0.691. The fraction of sp³-hybridized carbons (Fsp3) is 0.467. The van der Waals surface area contributed by atoms with Gasteiger partial charge in [-0.1, -0.05) is 18.5 Å². The van der Waals surface area contributed by atoms with E-state index in [9.17, 15) is 0 Å². The number of aromatic nitrogens is 3. The lowest BCUT2D eigenvalue weighted by atomic mass is 10.3. The maximum Gasteiger partial charge on any atom is 0.129 e. The summed E-state index contributed by atoms with van der Waals surface area (Å²) in [6, 6.07) is 3.84. The van der Waals surface area contributed by atoms with Crippen LogP contribution in [0, 0.1) is 0 Å². The molecule has 0 saturated heterocycles. The second-order valence-corrected chi connectivity index (χ2v) is 5.49. The number of nitrogens with one attached hydrogen (secondary N) is 1. The summed E-state index contributed by atoms with van der Waals surface area (Å²) >= 11 is 6.21. The van der Waals surface area contributed by atoms with Crippen molar-refractivity contribution >= 4 is 17.4 Å². The SMILES string of the molecule is CCCNCc1nc(N(C)Cc2nccn2C)ccc1Cl. The molecular formula is C15H22ClN5. The van der Waals surface area contributed by atoms with Gasteiger partial charge in [-0.3, -0.25) is 0 Å². The molecule has 6 heteroatoms. The first-order valence-electron chi connectivity index (χ1n) is 7.15. The standard InChI is InChI=1S/C15H22ClN5/c1-4-7-17-10-13-12(16)5-6-14(19-13)21(3)11-15-18-8-9-20(15)2/h5-6,8-9,17H,4,7,10-11H2,1-3H3. The minimum atomic E-state index is 0.691. The van der Waals surface area contributed by atoms with E-state index in [1.165, 1.54) is 0 Å². The number of anilines is 1. The maximum absolute atomic E-state index is 6.21. The highest BCUT2D eigenvalue weighted by atomic mass is 35.5. The molecule has 2 aromatic heterocycles. The van der Waals surface area contributed by atoms with Gasteiger partial charge in [-0.25, -0.2) is 9.97 Å². The number of nitrogens with zero attached hydrogens (tertiary/aromatic N) is 4. The first-order chi connectivity index (χ1) is 10.1. The van der Waals surface area contributed by atoms with E-state index in [2.05, 4.69) is 27.1 Å². The predicted octanol–water partition coefficient (Wildman–Crippen LogP) is 2.60. The number of aryl methyl sites for hydroxylation is 1. The molecule has 0 aromatic carbocycles. The van der Waals surface area contributed by atoms with Crippen molar-refractivity contribution in [3.8, 4) is 0 Å². The monoisotopic (exact) mass is 307 g/mol. The molecule has 0 aliphatic carbocycles. The minimum Gasteiger partial charge on any atom is -0.352 e. The Kier molecular flexibility index (Phi) is 5.59. The summed E-state index contributed by atoms with van der Waals surface area (Å²) in [5.74, 6) is 1.90. The Balaban J connectivity index is 2.08. The Morgan fingerprint density at radius 3 is 2.86 bits per heavy atom. The molecule has 0 amide bonds. The Labute approximate surface area is 131 Å². The van der Waals surface area contributed by atoms with Crippen molar-refractivity contribution in [2.75, 3.05) is 18.5 Å². The molecule has 0 atom stereocenters. The Hall–Kier alpha value is -1.59. The van der Waals surface area contributed by atoms with Gasteiger partial charge in [-0.15, -0.1) is 0 Å². The van der Waals surface area contributed by atoms with Crippen LogP contribution in [0.15, 0.2) is 24.5 Å². The number of halogens is 1. The molecule has 21 heavy (non-hydrogen) atoms. The lowest BCUT2D eigenvalue weighted by Crippen LogP contribution is -2.21. The summed E-state index contributed by atoms with van der Waals surface area (Å²) in [4.78, 5) is 11.1. The second kappa shape index (κ2) is 7.43. The van der Waals surface area contributed by atoms with Gasteiger partial charge in [-0.2, -0.15) is 0 Å². The van der Waals surface area contributed by atoms with Crippen LogP contribution in [0.3, 0.4) is 0 Å². The van der Waals surface area contributed by atoms with Crippen LogP contribution in [-0.2, 0) is 20.1 Å². The van der Waals surface area contributed by atoms with Crippen molar-refractivity contribution in [1.82, 2.24) is 19.9 Å². The molecule has 5 nitrogen and oxygen atoms in total. The fourth-order valence-electron chi connectivity index (χ4n) is 2.03. The van der Waals surface area contributed by atoms with Gasteiger partial charge in [0.15, 0.2) is 0 Å². The van der Waals surface area contributed by atoms with Crippen molar-refractivity contribution in [3.63, 3.8) is 0 Å². The van der Waals surface area contributed by atoms with E-state index in [-0.39, 0.29) is 0 Å². The molecular weight excluding hydrogens is 286 g/mol. The third-order valence-electron chi connectivity index (χ3n) is 3.31. The third kappa shape index (κ3) is 4.19. The molecule has 2 aromatic rings. The summed E-state index contributed by atoms with van der Waals surface area (Å²) in [5.41, 5.74) is 0.884. The number of imidazole rings is 1. The van der Waals surface area contributed by atoms with Crippen LogP contribution in [0.1, 0.15) is 24.9 Å². The van der Waals surface area contributed by atoms with E-state index >= 15 is 0 Å². The molecule has 114 valence electrons. The van der Waals surface area contributed by atoms with Crippen LogP contribution in [0.25, 0.3) is 0 Å². The van der Waals surface area contributed by atoms with Gasteiger partial charge in [0.05, 0.1) is 17.3 Å². The lowest BCUT2D eigenvalue weighted by Gasteiger charge is -2.19. The Morgan fingerprint density at radius 1 is 1.38 bits per heavy atom. The van der Waals surface area contributed by atoms with Crippen LogP contribution in [0.5, 0.6) is 0 Å². The van der Waals surface area contributed by atoms with Crippen molar-refractivity contribution in [2.24, 2.45) is 7.05 Å². The van der Waals surface area contributed by atoms with Gasteiger partial charge < -0.3 is 14.8 Å².